The molecular formula is C17H17ClO3. The van der Waals surface area contributed by atoms with E-state index in [2.05, 4.69) is 0 Å². The molecule has 2 aromatic rings. The molecule has 1 aliphatic heterocycles. The number of benzene rings is 2. The van der Waals surface area contributed by atoms with Crippen molar-refractivity contribution in [3.8, 4) is 11.5 Å². The van der Waals surface area contributed by atoms with Gasteiger partial charge in [0.15, 0.2) is 11.5 Å². The highest BCUT2D eigenvalue weighted by molar-refractivity contribution is 6.30. The Morgan fingerprint density at radius 2 is 1.57 bits per heavy atom. The number of halogens is 1. The fourth-order valence-corrected chi connectivity index (χ4v) is 2.53. The van der Waals surface area contributed by atoms with Gasteiger partial charge in [-0.3, -0.25) is 0 Å². The van der Waals surface area contributed by atoms with Crippen molar-refractivity contribution in [3.05, 3.63) is 58.6 Å². The first-order valence-electron chi connectivity index (χ1n) is 6.96. The average molecular weight is 305 g/mol. The number of aliphatic hydroxyl groups is 1. The Labute approximate surface area is 129 Å². The second kappa shape index (κ2) is 5.58. The third-order valence-corrected chi connectivity index (χ3v) is 3.97. The average Bonchev–Trinajstić information content (AvgIpc) is 2.72. The van der Waals surface area contributed by atoms with E-state index in [1.165, 1.54) is 0 Å². The molecule has 1 unspecified atom stereocenters. The number of hydrogen-bond acceptors (Lipinski definition) is 3. The molecule has 0 bridgehead atoms. The fourth-order valence-electron chi connectivity index (χ4n) is 2.41. The molecule has 0 aromatic heterocycles. The van der Waals surface area contributed by atoms with Crippen LogP contribution >= 0.6 is 11.6 Å². The Balaban J connectivity index is 1.98. The summed E-state index contributed by atoms with van der Waals surface area (Å²) in [6, 6.07) is 12.7. The number of rotatable bonds is 2. The SMILES string of the molecule is CC(O)(c1ccc(Cl)cc1)c1ccc2c(c1)OCCCO2. The van der Waals surface area contributed by atoms with Gasteiger partial charge in [-0.2, -0.15) is 0 Å². The molecule has 0 saturated carbocycles. The van der Waals surface area contributed by atoms with Crippen molar-refractivity contribution in [1.29, 1.82) is 0 Å². The molecule has 1 atom stereocenters. The van der Waals surface area contributed by atoms with Crippen LogP contribution in [0.2, 0.25) is 5.02 Å². The fraction of sp³-hybridized carbons (Fsp3) is 0.294. The summed E-state index contributed by atoms with van der Waals surface area (Å²) < 4.78 is 11.3. The summed E-state index contributed by atoms with van der Waals surface area (Å²) in [5.41, 5.74) is 0.422. The van der Waals surface area contributed by atoms with Crippen molar-refractivity contribution < 1.29 is 14.6 Å². The number of hydrogen-bond donors (Lipinski definition) is 1. The van der Waals surface area contributed by atoms with Crippen LogP contribution in [0.4, 0.5) is 0 Å². The molecule has 110 valence electrons. The molecule has 21 heavy (non-hydrogen) atoms. The lowest BCUT2D eigenvalue weighted by atomic mass is 9.88. The molecule has 0 radical (unpaired) electrons. The minimum atomic E-state index is -1.12. The van der Waals surface area contributed by atoms with Gasteiger partial charge in [-0.05, 0) is 42.3 Å². The van der Waals surface area contributed by atoms with Crippen LogP contribution in [0, 0.1) is 0 Å². The molecule has 0 spiro atoms. The van der Waals surface area contributed by atoms with Crippen LogP contribution in [0.5, 0.6) is 11.5 Å². The maximum atomic E-state index is 10.9. The zero-order valence-corrected chi connectivity index (χ0v) is 12.6. The van der Waals surface area contributed by atoms with E-state index < -0.39 is 5.60 Å². The van der Waals surface area contributed by atoms with Gasteiger partial charge in [0.2, 0.25) is 0 Å². The maximum Gasteiger partial charge on any atom is 0.161 e. The largest absolute Gasteiger partial charge is 0.490 e. The van der Waals surface area contributed by atoms with Crippen LogP contribution in [0.25, 0.3) is 0 Å². The van der Waals surface area contributed by atoms with E-state index in [1.54, 1.807) is 19.1 Å². The lowest BCUT2D eigenvalue weighted by Crippen LogP contribution is -2.22. The minimum absolute atomic E-state index is 0.625. The van der Waals surface area contributed by atoms with E-state index in [4.69, 9.17) is 21.1 Å². The van der Waals surface area contributed by atoms with Crippen LogP contribution in [0.3, 0.4) is 0 Å². The molecule has 1 heterocycles. The highest BCUT2D eigenvalue weighted by Gasteiger charge is 2.27. The zero-order chi connectivity index (χ0) is 14.9. The molecule has 0 aliphatic carbocycles. The molecule has 1 N–H and O–H groups in total. The molecule has 3 nitrogen and oxygen atoms in total. The molecule has 3 rings (SSSR count). The smallest absolute Gasteiger partial charge is 0.161 e. The van der Waals surface area contributed by atoms with Gasteiger partial charge < -0.3 is 14.6 Å². The van der Waals surface area contributed by atoms with E-state index >= 15 is 0 Å². The van der Waals surface area contributed by atoms with Gasteiger partial charge in [0.25, 0.3) is 0 Å². The Bertz CT molecular complexity index is 635. The molecule has 1 aliphatic rings. The van der Waals surface area contributed by atoms with Crippen LogP contribution in [0.15, 0.2) is 42.5 Å². The Hall–Kier alpha value is -1.71. The van der Waals surface area contributed by atoms with Gasteiger partial charge in [-0.1, -0.05) is 29.8 Å². The predicted octanol–water partition coefficient (Wildman–Crippen LogP) is 3.76. The van der Waals surface area contributed by atoms with Gasteiger partial charge >= 0.3 is 0 Å². The topological polar surface area (TPSA) is 38.7 Å². The third kappa shape index (κ3) is 2.85. The molecule has 0 fully saturated rings. The summed E-state index contributed by atoms with van der Waals surface area (Å²) in [4.78, 5) is 0. The van der Waals surface area contributed by atoms with Crippen molar-refractivity contribution in [3.63, 3.8) is 0 Å². The van der Waals surface area contributed by atoms with Crippen molar-refractivity contribution in [2.75, 3.05) is 13.2 Å². The van der Waals surface area contributed by atoms with Gasteiger partial charge in [0, 0.05) is 11.4 Å². The third-order valence-electron chi connectivity index (χ3n) is 3.72. The number of ether oxygens (including phenoxy) is 2. The van der Waals surface area contributed by atoms with E-state index in [0.29, 0.717) is 24.0 Å². The molecular weight excluding hydrogens is 288 g/mol. The lowest BCUT2D eigenvalue weighted by Gasteiger charge is -2.25. The summed E-state index contributed by atoms with van der Waals surface area (Å²) in [5.74, 6) is 1.40. The summed E-state index contributed by atoms with van der Waals surface area (Å²) in [6.07, 6.45) is 0.859. The number of fused-ring (bicyclic) bond motifs is 1. The van der Waals surface area contributed by atoms with Gasteiger partial charge in [0.1, 0.15) is 5.60 Å². The first-order valence-corrected chi connectivity index (χ1v) is 7.34. The van der Waals surface area contributed by atoms with Crippen LogP contribution in [-0.4, -0.2) is 18.3 Å². The Kier molecular flexibility index (Phi) is 3.79. The van der Waals surface area contributed by atoms with Crippen molar-refractivity contribution in [2.24, 2.45) is 0 Å². The van der Waals surface area contributed by atoms with Gasteiger partial charge in [-0.15, -0.1) is 0 Å². The second-order valence-electron chi connectivity index (χ2n) is 5.29. The Morgan fingerprint density at radius 3 is 2.29 bits per heavy atom. The van der Waals surface area contributed by atoms with Crippen LogP contribution < -0.4 is 9.47 Å². The lowest BCUT2D eigenvalue weighted by molar-refractivity contribution is 0.102. The van der Waals surface area contributed by atoms with Crippen molar-refractivity contribution >= 4 is 11.6 Å². The maximum absolute atomic E-state index is 10.9. The quantitative estimate of drug-likeness (QED) is 0.918. The monoisotopic (exact) mass is 304 g/mol. The molecule has 0 saturated heterocycles. The van der Waals surface area contributed by atoms with Crippen LogP contribution in [0.1, 0.15) is 24.5 Å². The summed E-state index contributed by atoms with van der Waals surface area (Å²) in [7, 11) is 0. The van der Waals surface area contributed by atoms with E-state index in [9.17, 15) is 5.11 Å². The van der Waals surface area contributed by atoms with Crippen LogP contribution in [-0.2, 0) is 5.60 Å². The summed E-state index contributed by atoms with van der Waals surface area (Å²) >= 11 is 5.90. The first kappa shape index (κ1) is 14.2. The molecule has 0 amide bonds. The first-order chi connectivity index (χ1) is 10.1. The predicted molar refractivity (Wildman–Crippen MR) is 82.2 cm³/mol. The molecule has 4 heteroatoms. The highest BCUT2D eigenvalue weighted by atomic mass is 35.5. The van der Waals surface area contributed by atoms with Gasteiger partial charge in [0.05, 0.1) is 13.2 Å². The highest BCUT2D eigenvalue weighted by Crippen LogP contribution is 2.37. The second-order valence-corrected chi connectivity index (χ2v) is 5.73. The van der Waals surface area contributed by atoms with Crippen molar-refractivity contribution in [2.45, 2.75) is 18.9 Å². The zero-order valence-electron chi connectivity index (χ0n) is 11.8. The van der Waals surface area contributed by atoms with E-state index in [0.717, 1.165) is 23.3 Å². The summed E-state index contributed by atoms with van der Waals surface area (Å²) in [6.45, 7) is 3.04. The van der Waals surface area contributed by atoms with Gasteiger partial charge in [-0.25, -0.2) is 0 Å². The van der Waals surface area contributed by atoms with E-state index in [1.807, 2.05) is 30.3 Å². The minimum Gasteiger partial charge on any atom is -0.490 e. The van der Waals surface area contributed by atoms with E-state index in [-0.39, 0.29) is 0 Å². The Morgan fingerprint density at radius 1 is 0.952 bits per heavy atom. The summed E-state index contributed by atoms with van der Waals surface area (Å²) in [5, 5.41) is 11.5. The normalized spacial score (nSPS) is 16.9. The molecule has 2 aromatic carbocycles. The standard InChI is InChI=1S/C17H17ClO3/c1-17(19,12-3-6-14(18)7-4-12)13-5-8-15-16(11-13)21-10-2-9-20-15/h3-8,11,19H,2,9-10H2,1H3. The van der Waals surface area contributed by atoms with Crippen molar-refractivity contribution in [1.82, 2.24) is 0 Å².